The molecule has 0 aromatic carbocycles. The van der Waals surface area contributed by atoms with Crippen LogP contribution in [0.2, 0.25) is 0 Å². The molecule has 2 rings (SSSR count). The molecule has 100 valence electrons. The van der Waals surface area contributed by atoms with Crippen molar-refractivity contribution in [2.45, 2.75) is 57.8 Å². The first-order valence-corrected chi connectivity index (χ1v) is 11.7. The molecule has 0 nitrogen and oxygen atoms in total. The number of hydrogen-bond acceptors (Lipinski definition) is 0. The largest absolute Gasteiger partial charge is 0.107 e. The molecular formula is C15H30P2. The Morgan fingerprint density at radius 3 is 1.29 bits per heavy atom. The topological polar surface area (TPSA) is 0 Å². The molecule has 2 saturated heterocycles. The van der Waals surface area contributed by atoms with E-state index in [0.717, 1.165) is 0 Å². The van der Waals surface area contributed by atoms with Crippen molar-refractivity contribution < 1.29 is 0 Å². The monoisotopic (exact) mass is 272 g/mol. The van der Waals surface area contributed by atoms with E-state index in [1.54, 1.807) is 81.9 Å². The molecule has 17 heavy (non-hydrogen) atoms. The van der Waals surface area contributed by atoms with Crippen molar-refractivity contribution in [3.05, 3.63) is 0 Å². The smallest absolute Gasteiger partial charge is 0.0326 e. The van der Waals surface area contributed by atoms with Crippen LogP contribution >= 0.6 is 15.8 Å². The summed E-state index contributed by atoms with van der Waals surface area (Å²) in [7, 11) is 1.00. The van der Waals surface area contributed by atoms with Gasteiger partial charge in [0, 0.05) is 0 Å². The molecule has 0 aromatic heterocycles. The van der Waals surface area contributed by atoms with Gasteiger partial charge in [-0.25, -0.2) is 0 Å². The zero-order valence-electron chi connectivity index (χ0n) is 11.5. The van der Waals surface area contributed by atoms with E-state index in [2.05, 4.69) is 0 Å². The van der Waals surface area contributed by atoms with Gasteiger partial charge in [0.2, 0.25) is 0 Å². The predicted octanol–water partition coefficient (Wildman–Crippen LogP) is 5.49. The van der Waals surface area contributed by atoms with E-state index in [9.17, 15) is 0 Å². The summed E-state index contributed by atoms with van der Waals surface area (Å²) in [4.78, 5) is 0. The zero-order valence-corrected chi connectivity index (χ0v) is 13.3. The molecule has 0 unspecified atom stereocenters. The van der Waals surface area contributed by atoms with Crippen LogP contribution in [-0.2, 0) is 0 Å². The predicted molar refractivity (Wildman–Crippen MR) is 84.6 cm³/mol. The quantitative estimate of drug-likeness (QED) is 0.443. The Kier molecular flexibility index (Phi) is 7.45. The first-order chi connectivity index (χ1) is 8.45. The maximum absolute atomic E-state index is 1.62. The summed E-state index contributed by atoms with van der Waals surface area (Å²) in [5.74, 6) is 0. The van der Waals surface area contributed by atoms with Crippen molar-refractivity contribution in [1.29, 1.82) is 0 Å². The Morgan fingerprint density at radius 2 is 0.882 bits per heavy atom. The lowest BCUT2D eigenvalue weighted by atomic mass is 10.3. The van der Waals surface area contributed by atoms with Gasteiger partial charge >= 0.3 is 0 Å². The van der Waals surface area contributed by atoms with E-state index in [4.69, 9.17) is 0 Å². The summed E-state index contributed by atoms with van der Waals surface area (Å²) in [5, 5.41) is 0. The van der Waals surface area contributed by atoms with Gasteiger partial charge in [-0.1, -0.05) is 19.3 Å². The van der Waals surface area contributed by atoms with Crippen LogP contribution in [0, 0.1) is 0 Å². The first kappa shape index (κ1) is 14.3. The zero-order chi connectivity index (χ0) is 11.8. The minimum atomic E-state index is 0.502. The molecule has 2 aliphatic heterocycles. The van der Waals surface area contributed by atoms with Crippen LogP contribution in [-0.4, -0.2) is 37.0 Å². The number of unbranched alkanes of at least 4 members (excludes halogenated alkanes) is 2. The molecule has 2 aliphatic rings. The molecule has 2 fully saturated rings. The molecule has 0 atom stereocenters. The van der Waals surface area contributed by atoms with E-state index in [1.165, 1.54) is 12.8 Å². The maximum atomic E-state index is 1.62. The van der Waals surface area contributed by atoms with Crippen molar-refractivity contribution in [2.75, 3.05) is 37.0 Å². The molecule has 0 bridgehead atoms. The molecule has 0 N–H and O–H groups in total. The highest BCUT2D eigenvalue weighted by Gasteiger charge is 2.13. The lowest BCUT2D eigenvalue weighted by Crippen LogP contribution is -2.03. The van der Waals surface area contributed by atoms with Crippen LogP contribution in [0.15, 0.2) is 0 Å². The van der Waals surface area contributed by atoms with E-state index in [0.29, 0.717) is 15.8 Å². The van der Waals surface area contributed by atoms with Crippen LogP contribution in [0.1, 0.15) is 57.8 Å². The third-order valence-corrected chi connectivity index (χ3v) is 10.0. The summed E-state index contributed by atoms with van der Waals surface area (Å²) in [6.07, 6.45) is 23.6. The molecule has 0 saturated carbocycles. The standard InChI is InChI=1S/C15H30P2/c1-4-10-16(11-5-1)14-8-3-9-15-17-12-6-2-7-13-17/h1-15H2. The summed E-state index contributed by atoms with van der Waals surface area (Å²) >= 11 is 0. The minimum Gasteiger partial charge on any atom is -0.107 e. The Morgan fingerprint density at radius 1 is 0.471 bits per heavy atom. The van der Waals surface area contributed by atoms with Gasteiger partial charge in [-0.3, -0.25) is 0 Å². The fourth-order valence-electron chi connectivity index (χ4n) is 3.21. The van der Waals surface area contributed by atoms with Crippen molar-refractivity contribution in [2.24, 2.45) is 0 Å². The molecule has 0 aliphatic carbocycles. The molecule has 0 radical (unpaired) electrons. The second-order valence-corrected chi connectivity index (χ2v) is 11.2. The number of hydrogen-bond donors (Lipinski definition) is 0. The lowest BCUT2D eigenvalue weighted by molar-refractivity contribution is 0.728. The van der Waals surface area contributed by atoms with Crippen molar-refractivity contribution >= 4 is 15.8 Å². The van der Waals surface area contributed by atoms with Crippen LogP contribution in [0.25, 0.3) is 0 Å². The summed E-state index contributed by atoms with van der Waals surface area (Å²) in [6, 6.07) is 0. The summed E-state index contributed by atoms with van der Waals surface area (Å²) in [5.41, 5.74) is 0. The summed E-state index contributed by atoms with van der Waals surface area (Å²) in [6.45, 7) is 0. The summed E-state index contributed by atoms with van der Waals surface area (Å²) < 4.78 is 0. The third-order valence-electron chi connectivity index (χ3n) is 4.35. The highest BCUT2D eigenvalue weighted by Crippen LogP contribution is 2.44. The molecule has 2 heteroatoms. The SMILES string of the molecule is C1CCP(CCCCCP2CCCCC2)CC1. The van der Waals surface area contributed by atoms with Gasteiger partial charge in [-0.2, -0.15) is 0 Å². The van der Waals surface area contributed by atoms with Gasteiger partial charge in [0.25, 0.3) is 0 Å². The molecule has 2 heterocycles. The van der Waals surface area contributed by atoms with E-state index in [-0.39, 0.29) is 0 Å². The van der Waals surface area contributed by atoms with Gasteiger partial charge in [0.05, 0.1) is 0 Å². The van der Waals surface area contributed by atoms with Gasteiger partial charge in [0.1, 0.15) is 0 Å². The van der Waals surface area contributed by atoms with E-state index >= 15 is 0 Å². The first-order valence-electron chi connectivity index (χ1n) is 7.90. The van der Waals surface area contributed by atoms with Crippen LogP contribution in [0.3, 0.4) is 0 Å². The Hall–Kier alpha value is 0.860. The van der Waals surface area contributed by atoms with E-state index in [1.807, 2.05) is 0 Å². The van der Waals surface area contributed by atoms with Crippen molar-refractivity contribution in [3.8, 4) is 0 Å². The van der Waals surface area contributed by atoms with Crippen LogP contribution in [0.4, 0.5) is 0 Å². The van der Waals surface area contributed by atoms with Gasteiger partial charge in [0.15, 0.2) is 0 Å². The molecular weight excluding hydrogens is 242 g/mol. The normalized spacial score (nSPS) is 24.0. The number of rotatable bonds is 6. The second-order valence-electron chi connectivity index (χ2n) is 5.87. The third kappa shape index (κ3) is 6.02. The molecule has 0 spiro atoms. The van der Waals surface area contributed by atoms with Gasteiger partial charge in [-0.05, 0) is 75.5 Å². The Balaban J connectivity index is 1.42. The highest BCUT2D eigenvalue weighted by atomic mass is 31.1. The molecule has 0 aromatic rings. The average Bonchev–Trinajstić information content (AvgIpc) is 2.41. The fourth-order valence-corrected chi connectivity index (χ4v) is 8.58. The second kappa shape index (κ2) is 8.87. The average molecular weight is 272 g/mol. The Labute approximate surface area is 111 Å². The maximum Gasteiger partial charge on any atom is -0.0326 e. The van der Waals surface area contributed by atoms with E-state index < -0.39 is 0 Å². The lowest BCUT2D eigenvalue weighted by Gasteiger charge is -2.23. The Bertz CT molecular complexity index is 161. The fraction of sp³-hybridized carbons (Fsp3) is 1.00. The highest BCUT2D eigenvalue weighted by molar-refractivity contribution is 7.58. The molecule has 0 amide bonds. The van der Waals surface area contributed by atoms with Crippen molar-refractivity contribution in [3.63, 3.8) is 0 Å². The van der Waals surface area contributed by atoms with Gasteiger partial charge in [-0.15, -0.1) is 15.8 Å². The minimum absolute atomic E-state index is 0.502. The van der Waals surface area contributed by atoms with Gasteiger partial charge < -0.3 is 0 Å². The van der Waals surface area contributed by atoms with Crippen LogP contribution in [0.5, 0.6) is 0 Å². The van der Waals surface area contributed by atoms with Crippen molar-refractivity contribution in [1.82, 2.24) is 0 Å². The van der Waals surface area contributed by atoms with Crippen LogP contribution < -0.4 is 0 Å².